The van der Waals surface area contributed by atoms with E-state index in [1.807, 2.05) is 13.8 Å². The summed E-state index contributed by atoms with van der Waals surface area (Å²) in [7, 11) is 0. The molecule has 0 spiro atoms. The molecule has 4 amide bonds. The van der Waals surface area contributed by atoms with Gasteiger partial charge in [-0.3, -0.25) is 5.32 Å². The lowest BCUT2D eigenvalue weighted by Gasteiger charge is -2.27. The van der Waals surface area contributed by atoms with Gasteiger partial charge in [-0.1, -0.05) is 13.8 Å². The predicted molar refractivity (Wildman–Crippen MR) is 38.8 cm³/mol. The number of urea groups is 2. The number of imide groups is 1. The van der Waals surface area contributed by atoms with Gasteiger partial charge in [0.1, 0.15) is 6.17 Å². The van der Waals surface area contributed by atoms with Crippen molar-refractivity contribution in [1.82, 2.24) is 16.0 Å². The molecule has 5 nitrogen and oxygen atoms in total. The molecule has 5 heteroatoms. The summed E-state index contributed by atoms with van der Waals surface area (Å²) in [6.45, 7) is 3.83. The predicted octanol–water partition coefficient (Wildman–Crippen LogP) is -0.00910. The largest absolute Gasteiger partial charge is 0.324 e. The van der Waals surface area contributed by atoms with Gasteiger partial charge in [0.2, 0.25) is 0 Å². The fourth-order valence-corrected chi connectivity index (χ4v) is 0.827. The summed E-state index contributed by atoms with van der Waals surface area (Å²) in [5, 5.41) is 7.19. The molecule has 0 bridgehead atoms. The van der Waals surface area contributed by atoms with Gasteiger partial charge in [0.15, 0.2) is 0 Å². The van der Waals surface area contributed by atoms with Crippen LogP contribution in [0.3, 0.4) is 0 Å². The molecule has 62 valence electrons. The molecule has 0 unspecified atom stereocenters. The number of hydrogen-bond acceptors (Lipinski definition) is 2. The summed E-state index contributed by atoms with van der Waals surface area (Å²) in [4.78, 5) is 21.4. The lowest BCUT2D eigenvalue weighted by atomic mass is 10.1. The SMILES string of the molecule is CC(C)C1NC(=O)NC(=O)N1. The standard InChI is InChI=1S/C6H11N3O2/c1-3(2)4-7-5(10)9-6(11)8-4/h3-4H,1-2H3,(H3,7,8,9,10,11). The van der Waals surface area contributed by atoms with Crippen molar-refractivity contribution in [1.29, 1.82) is 0 Å². The zero-order valence-electron chi connectivity index (χ0n) is 6.47. The van der Waals surface area contributed by atoms with E-state index in [2.05, 4.69) is 16.0 Å². The molecule has 0 aliphatic carbocycles. The maximum absolute atomic E-state index is 10.7. The third kappa shape index (κ3) is 1.83. The van der Waals surface area contributed by atoms with Crippen LogP contribution in [0.2, 0.25) is 0 Å². The highest BCUT2D eigenvalue weighted by atomic mass is 16.2. The summed E-state index contributed by atoms with van der Waals surface area (Å²) in [6.07, 6.45) is -0.253. The van der Waals surface area contributed by atoms with Crippen LogP contribution in [0.5, 0.6) is 0 Å². The second-order valence-electron chi connectivity index (χ2n) is 2.79. The van der Waals surface area contributed by atoms with Gasteiger partial charge in [-0.2, -0.15) is 0 Å². The van der Waals surface area contributed by atoms with Gasteiger partial charge in [0.05, 0.1) is 0 Å². The Balaban J connectivity index is 2.56. The molecule has 0 aromatic rings. The number of amides is 4. The molecule has 0 radical (unpaired) electrons. The topological polar surface area (TPSA) is 70.2 Å². The molecular formula is C6H11N3O2. The number of nitrogens with one attached hydrogen (secondary N) is 3. The van der Waals surface area contributed by atoms with Gasteiger partial charge >= 0.3 is 12.1 Å². The van der Waals surface area contributed by atoms with E-state index in [-0.39, 0.29) is 12.1 Å². The Bertz CT molecular complexity index is 174. The van der Waals surface area contributed by atoms with Crippen molar-refractivity contribution in [3.05, 3.63) is 0 Å². The minimum atomic E-state index is -0.438. The van der Waals surface area contributed by atoms with Crippen molar-refractivity contribution in [2.24, 2.45) is 5.92 Å². The monoisotopic (exact) mass is 157 g/mol. The van der Waals surface area contributed by atoms with E-state index in [1.165, 1.54) is 0 Å². The van der Waals surface area contributed by atoms with Crippen molar-refractivity contribution in [3.8, 4) is 0 Å². The Kier molecular flexibility index (Phi) is 1.98. The Morgan fingerprint density at radius 2 is 1.64 bits per heavy atom. The maximum atomic E-state index is 10.7. The third-order valence-corrected chi connectivity index (χ3v) is 1.47. The molecule has 1 aliphatic heterocycles. The van der Waals surface area contributed by atoms with Crippen LogP contribution in [-0.4, -0.2) is 18.2 Å². The van der Waals surface area contributed by atoms with Crippen molar-refractivity contribution < 1.29 is 9.59 Å². The Morgan fingerprint density at radius 3 is 2.00 bits per heavy atom. The lowest BCUT2D eigenvalue weighted by Crippen LogP contribution is -2.63. The van der Waals surface area contributed by atoms with Crippen molar-refractivity contribution in [2.45, 2.75) is 20.0 Å². The van der Waals surface area contributed by atoms with Gasteiger partial charge < -0.3 is 10.6 Å². The first-order chi connectivity index (χ1) is 5.09. The summed E-state index contributed by atoms with van der Waals surface area (Å²) < 4.78 is 0. The fourth-order valence-electron chi connectivity index (χ4n) is 0.827. The summed E-state index contributed by atoms with van der Waals surface area (Å²) >= 11 is 0. The Morgan fingerprint density at radius 1 is 1.18 bits per heavy atom. The van der Waals surface area contributed by atoms with Gasteiger partial charge in [0.25, 0.3) is 0 Å². The third-order valence-electron chi connectivity index (χ3n) is 1.47. The molecule has 1 rings (SSSR count). The molecule has 0 saturated carbocycles. The highest BCUT2D eigenvalue weighted by Gasteiger charge is 2.24. The quantitative estimate of drug-likeness (QED) is 0.501. The minimum Gasteiger partial charge on any atom is -0.317 e. The number of carbonyl (C=O) groups excluding carboxylic acids is 2. The van der Waals surface area contributed by atoms with Crippen LogP contribution in [0.25, 0.3) is 0 Å². The van der Waals surface area contributed by atoms with Crippen molar-refractivity contribution in [3.63, 3.8) is 0 Å². The second kappa shape index (κ2) is 2.77. The van der Waals surface area contributed by atoms with E-state index < -0.39 is 12.1 Å². The first-order valence-electron chi connectivity index (χ1n) is 3.47. The average molecular weight is 157 g/mol. The zero-order chi connectivity index (χ0) is 8.43. The fraction of sp³-hybridized carbons (Fsp3) is 0.667. The smallest absolute Gasteiger partial charge is 0.317 e. The average Bonchev–Trinajstić information content (AvgIpc) is 1.85. The van der Waals surface area contributed by atoms with E-state index >= 15 is 0 Å². The molecule has 1 saturated heterocycles. The molecule has 0 atom stereocenters. The van der Waals surface area contributed by atoms with Gasteiger partial charge in [-0.25, -0.2) is 9.59 Å². The van der Waals surface area contributed by atoms with Crippen molar-refractivity contribution >= 4 is 12.1 Å². The molecule has 1 aliphatic rings. The van der Waals surface area contributed by atoms with Crippen LogP contribution >= 0.6 is 0 Å². The van der Waals surface area contributed by atoms with Crippen LogP contribution in [-0.2, 0) is 0 Å². The number of carbonyl (C=O) groups is 2. The summed E-state index contributed by atoms with van der Waals surface area (Å²) in [5.74, 6) is 0.199. The van der Waals surface area contributed by atoms with Crippen LogP contribution in [0.1, 0.15) is 13.8 Å². The summed E-state index contributed by atoms with van der Waals surface area (Å²) in [6, 6.07) is -0.875. The Hall–Kier alpha value is -1.26. The van der Waals surface area contributed by atoms with E-state index in [4.69, 9.17) is 0 Å². The van der Waals surface area contributed by atoms with E-state index in [1.54, 1.807) is 0 Å². The van der Waals surface area contributed by atoms with Gasteiger partial charge in [-0.05, 0) is 5.92 Å². The molecule has 1 heterocycles. The highest BCUT2D eigenvalue weighted by Crippen LogP contribution is 1.99. The number of hydrogen-bond donors (Lipinski definition) is 3. The lowest BCUT2D eigenvalue weighted by molar-refractivity contribution is 0.201. The van der Waals surface area contributed by atoms with E-state index in [0.29, 0.717) is 0 Å². The molecule has 0 aromatic carbocycles. The van der Waals surface area contributed by atoms with E-state index in [0.717, 1.165) is 0 Å². The first-order valence-corrected chi connectivity index (χ1v) is 3.47. The normalized spacial score (nSPS) is 19.2. The summed E-state index contributed by atoms with van der Waals surface area (Å²) in [5.41, 5.74) is 0. The molecular weight excluding hydrogens is 146 g/mol. The number of rotatable bonds is 1. The Labute approximate surface area is 64.5 Å². The maximum Gasteiger partial charge on any atom is 0.324 e. The molecule has 11 heavy (non-hydrogen) atoms. The van der Waals surface area contributed by atoms with Gasteiger partial charge in [-0.15, -0.1) is 0 Å². The van der Waals surface area contributed by atoms with Crippen molar-refractivity contribution in [2.75, 3.05) is 0 Å². The minimum absolute atomic E-state index is 0.199. The molecule has 1 fully saturated rings. The molecule has 3 N–H and O–H groups in total. The van der Waals surface area contributed by atoms with Crippen LogP contribution in [0, 0.1) is 5.92 Å². The van der Waals surface area contributed by atoms with Gasteiger partial charge in [0, 0.05) is 0 Å². The highest BCUT2D eigenvalue weighted by molar-refractivity contribution is 5.95. The first kappa shape index (κ1) is 7.84. The van der Waals surface area contributed by atoms with E-state index in [9.17, 15) is 9.59 Å². The van der Waals surface area contributed by atoms with Crippen LogP contribution in [0.4, 0.5) is 9.59 Å². The van der Waals surface area contributed by atoms with Crippen LogP contribution in [0.15, 0.2) is 0 Å². The van der Waals surface area contributed by atoms with Crippen LogP contribution < -0.4 is 16.0 Å². The zero-order valence-corrected chi connectivity index (χ0v) is 6.47. The molecule has 0 aromatic heterocycles. The second-order valence-corrected chi connectivity index (χ2v) is 2.79.